The minimum atomic E-state index is -0.107. The first-order chi connectivity index (χ1) is 9.65. The Morgan fingerprint density at radius 1 is 1.20 bits per heavy atom. The summed E-state index contributed by atoms with van der Waals surface area (Å²) in [6, 6.07) is 12.1. The number of hydrogen-bond donors (Lipinski definition) is 1. The van der Waals surface area contributed by atoms with Gasteiger partial charge in [0.1, 0.15) is 0 Å². The van der Waals surface area contributed by atoms with Gasteiger partial charge in [0.25, 0.3) is 0 Å². The third-order valence-corrected chi connectivity index (χ3v) is 4.71. The zero-order valence-corrected chi connectivity index (χ0v) is 12.4. The Balaban J connectivity index is 1.90. The zero-order chi connectivity index (χ0) is 14.1. The van der Waals surface area contributed by atoms with Gasteiger partial charge < -0.3 is 5.73 Å². The van der Waals surface area contributed by atoms with Crippen molar-refractivity contribution in [3.05, 3.63) is 69.7 Å². The van der Waals surface area contributed by atoms with Gasteiger partial charge in [0.2, 0.25) is 0 Å². The van der Waals surface area contributed by atoms with Gasteiger partial charge in [0.15, 0.2) is 0 Å². The Kier molecular flexibility index (Phi) is 3.42. The molecule has 102 valence electrons. The predicted octanol–water partition coefficient (Wildman–Crippen LogP) is 3.60. The molecule has 2 N–H and O–H groups in total. The number of nitrogens with zero attached hydrogens (tertiary/aromatic N) is 2. The normalized spacial score (nSPS) is 12.6. The number of aryl methyl sites for hydroxylation is 2. The molecule has 4 heteroatoms. The zero-order valence-electron chi connectivity index (χ0n) is 11.6. The molecular weight excluding hydrogens is 266 g/mol. The number of aromatic nitrogens is 2. The van der Waals surface area contributed by atoms with Crippen LogP contribution in [0.5, 0.6) is 0 Å². The molecule has 0 spiro atoms. The summed E-state index contributed by atoms with van der Waals surface area (Å²) in [4.78, 5) is 2.51. The van der Waals surface area contributed by atoms with Crippen LogP contribution in [0.25, 0.3) is 5.69 Å². The van der Waals surface area contributed by atoms with Gasteiger partial charge in [-0.25, -0.2) is 4.68 Å². The van der Waals surface area contributed by atoms with Gasteiger partial charge >= 0.3 is 0 Å². The Morgan fingerprint density at radius 3 is 2.60 bits per heavy atom. The molecule has 0 bridgehead atoms. The van der Waals surface area contributed by atoms with Gasteiger partial charge in [-0.1, -0.05) is 18.2 Å². The monoisotopic (exact) mass is 283 g/mol. The van der Waals surface area contributed by atoms with Crippen LogP contribution in [0, 0.1) is 13.8 Å². The molecule has 3 rings (SSSR count). The van der Waals surface area contributed by atoms with Gasteiger partial charge in [-0.2, -0.15) is 5.10 Å². The van der Waals surface area contributed by atoms with Gasteiger partial charge in [0.05, 0.1) is 17.9 Å². The SMILES string of the molecule is Cc1cc(C(N)c2cnn(-c3ccccc3)c2)sc1C. The molecule has 0 amide bonds. The molecule has 0 aliphatic carbocycles. The lowest BCUT2D eigenvalue weighted by Gasteiger charge is -2.06. The van der Waals surface area contributed by atoms with Crippen LogP contribution >= 0.6 is 11.3 Å². The van der Waals surface area contributed by atoms with E-state index in [9.17, 15) is 0 Å². The van der Waals surface area contributed by atoms with E-state index in [1.807, 2.05) is 47.4 Å². The fourth-order valence-corrected chi connectivity index (χ4v) is 3.21. The summed E-state index contributed by atoms with van der Waals surface area (Å²) in [6.45, 7) is 4.25. The Morgan fingerprint density at radius 2 is 1.95 bits per heavy atom. The fraction of sp³-hybridized carbons (Fsp3) is 0.188. The van der Waals surface area contributed by atoms with Crippen LogP contribution in [0.3, 0.4) is 0 Å². The largest absolute Gasteiger partial charge is 0.320 e. The van der Waals surface area contributed by atoms with E-state index in [2.05, 4.69) is 25.0 Å². The van der Waals surface area contributed by atoms with Gasteiger partial charge in [0, 0.05) is 21.5 Å². The minimum absolute atomic E-state index is 0.107. The van der Waals surface area contributed by atoms with Gasteiger partial charge in [-0.15, -0.1) is 11.3 Å². The van der Waals surface area contributed by atoms with E-state index in [0.29, 0.717) is 0 Å². The van der Waals surface area contributed by atoms with Crippen LogP contribution in [0.2, 0.25) is 0 Å². The lowest BCUT2D eigenvalue weighted by atomic mass is 10.1. The topological polar surface area (TPSA) is 43.8 Å². The molecule has 0 radical (unpaired) electrons. The van der Waals surface area contributed by atoms with Crippen molar-refractivity contribution in [1.82, 2.24) is 9.78 Å². The van der Waals surface area contributed by atoms with Gasteiger partial charge in [-0.05, 0) is 37.6 Å². The second kappa shape index (κ2) is 5.23. The summed E-state index contributed by atoms with van der Waals surface area (Å²) in [5.41, 5.74) is 9.73. The fourth-order valence-electron chi connectivity index (χ4n) is 2.14. The van der Waals surface area contributed by atoms with Crippen LogP contribution in [-0.2, 0) is 0 Å². The van der Waals surface area contributed by atoms with E-state index in [4.69, 9.17) is 5.73 Å². The van der Waals surface area contributed by atoms with E-state index < -0.39 is 0 Å². The average Bonchev–Trinajstić information content (AvgIpc) is 3.07. The summed E-state index contributed by atoms with van der Waals surface area (Å²) >= 11 is 1.76. The van der Waals surface area contributed by atoms with Crippen LogP contribution in [-0.4, -0.2) is 9.78 Å². The van der Waals surface area contributed by atoms with Crippen molar-refractivity contribution < 1.29 is 0 Å². The summed E-state index contributed by atoms with van der Waals surface area (Å²) in [6.07, 6.45) is 3.85. The molecule has 1 unspecified atom stereocenters. The van der Waals surface area contributed by atoms with Crippen LogP contribution in [0.15, 0.2) is 48.8 Å². The van der Waals surface area contributed by atoms with Crippen LogP contribution in [0.1, 0.15) is 26.9 Å². The molecule has 0 saturated heterocycles. The highest BCUT2D eigenvalue weighted by molar-refractivity contribution is 7.12. The number of benzene rings is 1. The Hall–Kier alpha value is -1.91. The first-order valence-corrected chi connectivity index (χ1v) is 7.39. The number of hydrogen-bond acceptors (Lipinski definition) is 3. The molecule has 3 nitrogen and oxygen atoms in total. The summed E-state index contributed by atoms with van der Waals surface area (Å²) in [5.74, 6) is 0. The number of nitrogens with two attached hydrogens (primary N) is 1. The summed E-state index contributed by atoms with van der Waals surface area (Å²) < 4.78 is 1.86. The highest BCUT2D eigenvalue weighted by atomic mass is 32.1. The van der Waals surface area contributed by atoms with E-state index in [1.165, 1.54) is 15.3 Å². The first-order valence-electron chi connectivity index (χ1n) is 6.57. The van der Waals surface area contributed by atoms with Crippen molar-refractivity contribution in [1.29, 1.82) is 0 Å². The minimum Gasteiger partial charge on any atom is -0.320 e. The first kappa shape index (κ1) is 13.1. The van der Waals surface area contributed by atoms with Crippen molar-refractivity contribution in [2.24, 2.45) is 5.73 Å². The Bertz CT molecular complexity index is 693. The molecule has 3 aromatic rings. The van der Waals surface area contributed by atoms with Crippen molar-refractivity contribution in [2.45, 2.75) is 19.9 Å². The maximum absolute atomic E-state index is 6.35. The van der Waals surface area contributed by atoms with Crippen molar-refractivity contribution in [2.75, 3.05) is 0 Å². The number of thiophene rings is 1. The smallest absolute Gasteiger partial charge is 0.0677 e. The average molecular weight is 283 g/mol. The maximum atomic E-state index is 6.35. The van der Waals surface area contributed by atoms with E-state index in [0.717, 1.165) is 11.3 Å². The molecular formula is C16H17N3S. The third-order valence-electron chi connectivity index (χ3n) is 3.47. The van der Waals surface area contributed by atoms with Crippen molar-refractivity contribution >= 4 is 11.3 Å². The molecule has 2 aromatic heterocycles. The highest BCUT2D eigenvalue weighted by Gasteiger charge is 2.14. The van der Waals surface area contributed by atoms with E-state index >= 15 is 0 Å². The standard InChI is InChI=1S/C16H17N3S/c1-11-8-15(20-12(11)2)16(17)13-9-18-19(10-13)14-6-4-3-5-7-14/h3-10,16H,17H2,1-2H3. The quantitative estimate of drug-likeness (QED) is 0.798. The second-order valence-corrected chi connectivity index (χ2v) is 6.21. The molecule has 20 heavy (non-hydrogen) atoms. The molecule has 2 heterocycles. The lowest BCUT2D eigenvalue weighted by molar-refractivity contribution is 0.871. The predicted molar refractivity (Wildman–Crippen MR) is 83.4 cm³/mol. The number of para-hydroxylation sites is 1. The van der Waals surface area contributed by atoms with Crippen LogP contribution < -0.4 is 5.73 Å². The molecule has 0 fully saturated rings. The number of rotatable bonds is 3. The van der Waals surface area contributed by atoms with Gasteiger partial charge in [-0.3, -0.25) is 0 Å². The molecule has 0 aliphatic heterocycles. The third kappa shape index (κ3) is 2.40. The molecule has 1 atom stereocenters. The highest BCUT2D eigenvalue weighted by Crippen LogP contribution is 2.29. The maximum Gasteiger partial charge on any atom is 0.0677 e. The molecule has 0 aliphatic rings. The Labute approximate surface area is 122 Å². The van der Waals surface area contributed by atoms with Crippen LogP contribution in [0.4, 0.5) is 0 Å². The summed E-state index contributed by atoms with van der Waals surface area (Å²) in [7, 11) is 0. The van der Waals surface area contributed by atoms with Crippen molar-refractivity contribution in [3.63, 3.8) is 0 Å². The van der Waals surface area contributed by atoms with E-state index in [1.54, 1.807) is 11.3 Å². The van der Waals surface area contributed by atoms with Crippen molar-refractivity contribution in [3.8, 4) is 5.69 Å². The second-order valence-electron chi connectivity index (χ2n) is 4.92. The summed E-state index contributed by atoms with van der Waals surface area (Å²) in [5, 5.41) is 4.40. The molecule has 1 aromatic carbocycles. The lowest BCUT2D eigenvalue weighted by Crippen LogP contribution is -2.09. The molecule has 0 saturated carbocycles. The van der Waals surface area contributed by atoms with E-state index in [-0.39, 0.29) is 6.04 Å².